The summed E-state index contributed by atoms with van der Waals surface area (Å²) in [4.78, 5) is 0. The van der Waals surface area contributed by atoms with Gasteiger partial charge < -0.3 is 5.73 Å². The zero-order chi connectivity index (χ0) is 15.8. The molecule has 1 unspecified atom stereocenters. The highest BCUT2D eigenvalue weighted by molar-refractivity contribution is 5.91. The summed E-state index contributed by atoms with van der Waals surface area (Å²) in [7, 11) is 0. The summed E-state index contributed by atoms with van der Waals surface area (Å²) in [5, 5.41) is 0. The predicted octanol–water partition coefficient (Wildman–Crippen LogP) is 4.71. The van der Waals surface area contributed by atoms with Crippen molar-refractivity contribution >= 4 is 5.71 Å². The summed E-state index contributed by atoms with van der Waals surface area (Å²) in [5.74, 6) is 0. The van der Waals surface area contributed by atoms with E-state index in [4.69, 9.17) is 5.73 Å². The Labute approximate surface area is 136 Å². The monoisotopic (exact) mass is 301 g/mol. The molecule has 0 saturated carbocycles. The molecule has 0 saturated heterocycles. The van der Waals surface area contributed by atoms with Crippen LogP contribution in [0.4, 0.5) is 0 Å². The average molecular weight is 301 g/mol. The molecule has 0 spiro atoms. The van der Waals surface area contributed by atoms with E-state index in [-0.39, 0.29) is 0 Å². The first kappa shape index (κ1) is 17.1. The summed E-state index contributed by atoms with van der Waals surface area (Å²) in [6.45, 7) is 5.65. The molecule has 1 heterocycles. The van der Waals surface area contributed by atoms with Crippen LogP contribution in [-0.2, 0) is 0 Å². The lowest BCUT2D eigenvalue weighted by atomic mass is 9.92. The second kappa shape index (κ2) is 8.97. The van der Waals surface area contributed by atoms with E-state index in [2.05, 4.69) is 42.7 Å². The summed E-state index contributed by atoms with van der Waals surface area (Å²) in [6, 6.07) is 0.472. The predicted molar refractivity (Wildman–Crippen MR) is 96.3 cm³/mol. The van der Waals surface area contributed by atoms with Gasteiger partial charge in [-0.1, -0.05) is 63.7 Å². The quantitative estimate of drug-likeness (QED) is 0.485. The van der Waals surface area contributed by atoms with Crippen LogP contribution in [0.15, 0.2) is 35.6 Å². The van der Waals surface area contributed by atoms with Crippen LogP contribution in [0.5, 0.6) is 0 Å². The number of fused-ring (bicyclic) bond motifs is 1. The number of unbranched alkanes of at least 4 members (excludes halogenated alkanes) is 7. The van der Waals surface area contributed by atoms with E-state index in [1.165, 1.54) is 69.2 Å². The van der Waals surface area contributed by atoms with E-state index < -0.39 is 0 Å². The van der Waals surface area contributed by atoms with Crippen LogP contribution < -0.4 is 5.73 Å². The summed E-state index contributed by atoms with van der Waals surface area (Å²) in [5.41, 5.74) is 9.79. The van der Waals surface area contributed by atoms with Crippen molar-refractivity contribution in [2.75, 3.05) is 6.54 Å². The Morgan fingerprint density at radius 1 is 1.09 bits per heavy atom. The van der Waals surface area contributed by atoms with Crippen molar-refractivity contribution in [3.8, 4) is 0 Å². The van der Waals surface area contributed by atoms with Gasteiger partial charge >= 0.3 is 0 Å². The molecule has 0 radical (unpaired) electrons. The van der Waals surface area contributed by atoms with E-state index in [0.29, 0.717) is 6.04 Å². The van der Waals surface area contributed by atoms with Gasteiger partial charge in [-0.15, -0.1) is 0 Å². The normalized spacial score (nSPS) is 20.7. The zero-order valence-corrected chi connectivity index (χ0v) is 14.5. The highest BCUT2D eigenvalue weighted by Gasteiger charge is 2.31. The molecule has 1 aliphatic heterocycles. The van der Waals surface area contributed by atoms with Crippen LogP contribution in [-0.4, -0.2) is 22.9 Å². The van der Waals surface area contributed by atoms with Gasteiger partial charge in [0.25, 0.3) is 0 Å². The molecule has 2 rings (SSSR count). The maximum atomic E-state index is 6.19. The first-order valence-corrected chi connectivity index (χ1v) is 9.18. The number of rotatable bonds is 9. The van der Waals surface area contributed by atoms with Crippen LogP contribution in [0.3, 0.4) is 0 Å². The van der Waals surface area contributed by atoms with Crippen molar-refractivity contribution in [3.05, 3.63) is 35.6 Å². The second-order valence-corrected chi connectivity index (χ2v) is 6.71. The first-order chi connectivity index (χ1) is 10.7. The zero-order valence-electron chi connectivity index (χ0n) is 14.5. The van der Waals surface area contributed by atoms with Crippen LogP contribution in [0.2, 0.25) is 0 Å². The molecule has 2 nitrogen and oxygen atoms in total. The third-order valence-corrected chi connectivity index (χ3v) is 4.91. The Morgan fingerprint density at radius 2 is 1.77 bits per heavy atom. The lowest BCUT2D eigenvalue weighted by molar-refractivity contribution is -0.557. The van der Waals surface area contributed by atoms with Crippen molar-refractivity contribution in [1.82, 2.24) is 0 Å². The average Bonchev–Trinajstić information content (AvgIpc) is 2.52. The summed E-state index contributed by atoms with van der Waals surface area (Å²) in [6.07, 6.45) is 20.9. The van der Waals surface area contributed by atoms with E-state index in [9.17, 15) is 0 Å². The number of hydrogen-bond donors (Lipinski definition) is 1. The van der Waals surface area contributed by atoms with Gasteiger partial charge in [0.15, 0.2) is 11.8 Å². The molecule has 2 aliphatic rings. The molecule has 0 amide bonds. The fraction of sp³-hybridized carbons (Fsp3) is 0.650. The molecule has 0 aromatic heterocycles. The molecule has 22 heavy (non-hydrogen) atoms. The van der Waals surface area contributed by atoms with Gasteiger partial charge in [-0.05, 0) is 6.42 Å². The summed E-state index contributed by atoms with van der Waals surface area (Å²) < 4.78 is 2.56. The minimum absolute atomic E-state index is 0.472. The van der Waals surface area contributed by atoms with Crippen LogP contribution >= 0.6 is 0 Å². The van der Waals surface area contributed by atoms with Gasteiger partial charge in [0.1, 0.15) is 6.54 Å². The molecule has 1 atom stereocenters. The minimum atomic E-state index is 0.472. The third-order valence-electron chi connectivity index (χ3n) is 4.91. The first-order valence-electron chi connectivity index (χ1n) is 9.18. The Morgan fingerprint density at radius 3 is 2.50 bits per heavy atom. The molecule has 0 aromatic carbocycles. The molecule has 1 aliphatic carbocycles. The standard InChI is InChI=1S/C20H32N2/c1-3-4-5-6-7-8-9-12-15-22-17(2)16-19(21)18-13-10-11-14-20(18)22/h10-11,13,16,20-21H,3-9,12,14-15H2,1-2H3/p+1. The molecule has 2 N–H and O–H groups in total. The number of nitrogens with zero attached hydrogens (tertiary/aromatic N) is 1. The van der Waals surface area contributed by atoms with Gasteiger partial charge in [-0.2, -0.15) is 0 Å². The Kier molecular flexibility index (Phi) is 6.95. The maximum Gasteiger partial charge on any atom is 0.183 e. The summed E-state index contributed by atoms with van der Waals surface area (Å²) >= 11 is 0. The van der Waals surface area contributed by atoms with E-state index >= 15 is 0 Å². The molecular weight excluding hydrogens is 268 g/mol. The van der Waals surface area contributed by atoms with Gasteiger partial charge in [0, 0.05) is 37.1 Å². The fourth-order valence-corrected chi connectivity index (χ4v) is 3.59. The Hall–Kier alpha value is -1.31. The second-order valence-electron chi connectivity index (χ2n) is 6.71. The number of hydrogen-bond acceptors (Lipinski definition) is 1. The van der Waals surface area contributed by atoms with Crippen molar-refractivity contribution in [1.29, 1.82) is 0 Å². The van der Waals surface area contributed by atoms with Crippen molar-refractivity contribution in [2.45, 2.75) is 77.7 Å². The molecule has 0 fully saturated rings. The van der Waals surface area contributed by atoms with Gasteiger partial charge in [-0.25, -0.2) is 4.58 Å². The minimum Gasteiger partial charge on any atom is -0.398 e. The van der Waals surface area contributed by atoms with Crippen molar-refractivity contribution in [2.24, 2.45) is 5.73 Å². The van der Waals surface area contributed by atoms with E-state index in [1.807, 2.05) is 0 Å². The van der Waals surface area contributed by atoms with Gasteiger partial charge in [-0.3, -0.25) is 0 Å². The third kappa shape index (κ3) is 4.59. The fourth-order valence-electron chi connectivity index (χ4n) is 3.59. The van der Waals surface area contributed by atoms with Crippen LogP contribution in [0.25, 0.3) is 0 Å². The van der Waals surface area contributed by atoms with Gasteiger partial charge in [0.2, 0.25) is 0 Å². The molecule has 2 heteroatoms. The highest BCUT2D eigenvalue weighted by Crippen LogP contribution is 2.25. The Balaban J connectivity index is 1.76. The topological polar surface area (TPSA) is 29.0 Å². The maximum absolute atomic E-state index is 6.19. The lowest BCUT2D eigenvalue weighted by Gasteiger charge is -2.25. The molecule has 0 bridgehead atoms. The molecular formula is C20H33N2+. The van der Waals surface area contributed by atoms with E-state index in [0.717, 1.165) is 12.1 Å². The smallest absolute Gasteiger partial charge is 0.183 e. The Bertz CT molecular complexity index is 480. The molecule has 122 valence electrons. The largest absolute Gasteiger partial charge is 0.398 e. The van der Waals surface area contributed by atoms with Crippen LogP contribution in [0.1, 0.15) is 71.6 Å². The molecule has 0 aromatic rings. The number of allylic oxidation sites excluding steroid dienone is 3. The SMILES string of the molecule is CCCCCCCCCC[N+]1=C(C)C=C(N)C2=CC=CCC21. The lowest BCUT2D eigenvalue weighted by Crippen LogP contribution is -2.38. The van der Waals surface area contributed by atoms with Crippen LogP contribution in [0, 0.1) is 0 Å². The van der Waals surface area contributed by atoms with E-state index in [1.54, 1.807) is 0 Å². The number of nitrogens with two attached hydrogens (primary N) is 1. The van der Waals surface area contributed by atoms with Gasteiger partial charge in [0.05, 0.1) is 0 Å². The van der Waals surface area contributed by atoms with Crippen molar-refractivity contribution in [3.63, 3.8) is 0 Å². The van der Waals surface area contributed by atoms with Crippen molar-refractivity contribution < 1.29 is 4.58 Å². The highest BCUT2D eigenvalue weighted by atomic mass is 15.1.